The molecular weight excluding hydrogens is 1060 g/mol. The minimum atomic E-state index is -0.250. The van der Waals surface area contributed by atoms with Gasteiger partial charge in [0, 0.05) is 45.7 Å². The Hall–Kier alpha value is -7.20. The molecule has 0 spiro atoms. The first kappa shape index (κ1) is 49.8. The SMILES string of the molecule is CC(C)(C)c1cc(-c2ccccc2)cc(N2[CH-]N(c3[c-]c(Oc4[c-]c5c(cc4)c4cc(-c6ccccc6)ccc4n5-c4cc(C(C)(C)C)ccn4)ccc3)c3cc(C(C)(C)c4ccccc4)ccc32)c1.[CH3-].[Pt+4]. The van der Waals surface area contributed by atoms with Crippen LogP contribution in [0.25, 0.3) is 49.9 Å². The monoisotopic (exact) mass is 1120 g/mol. The molecular formula is C66H60N4OPt. The standard InChI is InChI=1S/C65H57N4O.CH3.Pt/c1-63(2,3)49-33-34-66-62(40-49)69-58-31-27-46(44-19-12-9-13-20-44)37-57(58)56-30-29-55(42-60(56)69)70-54-26-18-25-52(41-54)67-43-68(53-36-47(45-21-14-10-15-22-45)35-51(38-53)64(4,5)6)59-32-28-50(39-61(59)67)65(7,8)48-23-16-11-17-24-48;;/h9-40,43H,1-8H3;1H3;/q-3;-1;+4. The molecule has 0 amide bonds. The maximum atomic E-state index is 6.80. The third-order valence-corrected chi connectivity index (χ3v) is 13.9. The molecule has 3 heterocycles. The molecule has 2 aromatic heterocycles. The first-order chi connectivity index (χ1) is 33.7. The van der Waals surface area contributed by atoms with Crippen LogP contribution in [0, 0.1) is 26.2 Å². The van der Waals surface area contributed by atoms with Crippen LogP contribution in [0.1, 0.15) is 77.6 Å². The van der Waals surface area contributed by atoms with Crippen molar-refractivity contribution in [3.63, 3.8) is 0 Å². The van der Waals surface area contributed by atoms with Crippen LogP contribution in [0.3, 0.4) is 0 Å². The van der Waals surface area contributed by atoms with E-state index in [1.807, 2.05) is 24.4 Å². The van der Waals surface area contributed by atoms with Gasteiger partial charge in [-0.25, -0.2) is 4.98 Å². The molecule has 11 rings (SSSR count). The average molecular weight is 1120 g/mol. The number of anilines is 4. The van der Waals surface area contributed by atoms with E-state index in [1.54, 1.807) is 0 Å². The van der Waals surface area contributed by atoms with E-state index in [0.717, 1.165) is 55.9 Å². The zero-order valence-corrected chi connectivity index (χ0v) is 44.8. The van der Waals surface area contributed by atoms with Crippen LogP contribution in [-0.2, 0) is 37.3 Å². The Labute approximate surface area is 441 Å². The zero-order chi connectivity index (χ0) is 48.4. The van der Waals surface area contributed by atoms with Crippen molar-refractivity contribution >= 4 is 44.6 Å². The molecule has 0 saturated heterocycles. The van der Waals surface area contributed by atoms with Gasteiger partial charge >= 0.3 is 21.1 Å². The topological polar surface area (TPSA) is 33.5 Å². The summed E-state index contributed by atoms with van der Waals surface area (Å²) in [6, 6.07) is 74.6. The Bertz CT molecular complexity index is 3550. The van der Waals surface area contributed by atoms with Crippen molar-refractivity contribution in [1.82, 2.24) is 9.55 Å². The van der Waals surface area contributed by atoms with E-state index in [4.69, 9.17) is 9.72 Å². The van der Waals surface area contributed by atoms with Crippen molar-refractivity contribution in [2.45, 2.75) is 71.6 Å². The van der Waals surface area contributed by atoms with E-state index in [1.165, 1.54) is 38.9 Å². The first-order valence-electron chi connectivity index (χ1n) is 24.3. The van der Waals surface area contributed by atoms with Crippen LogP contribution in [0.4, 0.5) is 22.7 Å². The fourth-order valence-corrected chi connectivity index (χ4v) is 9.74. The Kier molecular flexibility index (Phi) is 13.4. The summed E-state index contributed by atoms with van der Waals surface area (Å²) in [5.74, 6) is 2.02. The zero-order valence-electron chi connectivity index (χ0n) is 42.6. The van der Waals surface area contributed by atoms with Gasteiger partial charge < -0.3 is 26.5 Å². The number of nitrogens with zero attached hydrogens (tertiary/aromatic N) is 4. The van der Waals surface area contributed by atoms with Gasteiger partial charge in [-0.3, -0.25) is 0 Å². The van der Waals surface area contributed by atoms with Gasteiger partial charge in [-0.05, 0) is 103 Å². The number of aromatic nitrogens is 2. The summed E-state index contributed by atoms with van der Waals surface area (Å²) in [5.41, 5.74) is 15.3. The van der Waals surface area contributed by atoms with Gasteiger partial charge in [0.2, 0.25) is 0 Å². The second kappa shape index (κ2) is 19.4. The number of benzene rings is 8. The quantitative estimate of drug-likeness (QED) is 0.135. The van der Waals surface area contributed by atoms with Gasteiger partial charge in [-0.1, -0.05) is 176 Å². The Morgan fingerprint density at radius 3 is 1.83 bits per heavy atom. The van der Waals surface area contributed by atoms with Gasteiger partial charge in [-0.2, -0.15) is 12.1 Å². The second-order valence-electron chi connectivity index (χ2n) is 21.1. The largest absolute Gasteiger partial charge is 4.00 e. The van der Waals surface area contributed by atoms with Crippen molar-refractivity contribution in [1.29, 1.82) is 0 Å². The van der Waals surface area contributed by atoms with E-state index in [2.05, 4.69) is 258 Å². The van der Waals surface area contributed by atoms with Gasteiger partial charge in [0.1, 0.15) is 5.82 Å². The van der Waals surface area contributed by atoms with E-state index in [0.29, 0.717) is 11.5 Å². The molecule has 1 aliphatic rings. The van der Waals surface area contributed by atoms with E-state index in [9.17, 15) is 0 Å². The predicted octanol–water partition coefficient (Wildman–Crippen LogP) is 17.7. The van der Waals surface area contributed by atoms with Crippen LogP contribution in [0.5, 0.6) is 11.5 Å². The molecule has 10 aromatic rings. The molecule has 360 valence electrons. The van der Waals surface area contributed by atoms with Crippen LogP contribution >= 0.6 is 0 Å². The smallest absolute Gasteiger partial charge is 0.509 e. The summed E-state index contributed by atoms with van der Waals surface area (Å²) >= 11 is 0. The maximum Gasteiger partial charge on any atom is 4.00 e. The molecule has 0 aliphatic carbocycles. The van der Waals surface area contributed by atoms with Crippen LogP contribution < -0.4 is 14.5 Å². The summed E-state index contributed by atoms with van der Waals surface area (Å²) in [6.45, 7) is 20.4. The molecule has 0 atom stereocenters. The van der Waals surface area contributed by atoms with Crippen molar-refractivity contribution in [3.05, 3.63) is 243 Å². The van der Waals surface area contributed by atoms with Crippen LogP contribution in [0.2, 0.25) is 0 Å². The molecule has 0 fully saturated rings. The molecule has 72 heavy (non-hydrogen) atoms. The van der Waals surface area contributed by atoms with Gasteiger partial charge in [0.05, 0.1) is 0 Å². The molecule has 0 unspecified atom stereocenters. The summed E-state index contributed by atoms with van der Waals surface area (Å²) < 4.78 is 9.02. The van der Waals surface area contributed by atoms with E-state index < -0.39 is 0 Å². The first-order valence-corrected chi connectivity index (χ1v) is 24.3. The summed E-state index contributed by atoms with van der Waals surface area (Å²) in [4.78, 5) is 9.53. The number of pyridine rings is 1. The molecule has 0 saturated carbocycles. The Balaban J connectivity index is 0.00000320. The third-order valence-electron chi connectivity index (χ3n) is 13.9. The third kappa shape index (κ3) is 9.39. The van der Waals surface area contributed by atoms with Gasteiger partial charge in [0.15, 0.2) is 0 Å². The fraction of sp³-hybridized carbons (Fsp3) is 0.167. The van der Waals surface area contributed by atoms with Gasteiger partial charge in [-0.15, -0.1) is 48.1 Å². The second-order valence-corrected chi connectivity index (χ2v) is 21.1. The molecule has 0 radical (unpaired) electrons. The molecule has 1 aliphatic heterocycles. The van der Waals surface area contributed by atoms with E-state index >= 15 is 0 Å². The summed E-state index contributed by atoms with van der Waals surface area (Å²) in [7, 11) is 0. The number of hydrogen-bond donors (Lipinski definition) is 0. The number of fused-ring (bicyclic) bond motifs is 4. The van der Waals surface area contributed by atoms with Crippen LogP contribution in [0.15, 0.2) is 194 Å². The summed E-state index contributed by atoms with van der Waals surface area (Å²) in [6.07, 6.45) is 1.91. The molecule has 5 nitrogen and oxygen atoms in total. The van der Waals surface area contributed by atoms with Crippen molar-refractivity contribution in [3.8, 4) is 39.6 Å². The minimum absolute atomic E-state index is 0. The van der Waals surface area contributed by atoms with Crippen molar-refractivity contribution in [2.75, 3.05) is 9.80 Å². The number of rotatable bonds is 9. The van der Waals surface area contributed by atoms with Gasteiger partial charge in [0.25, 0.3) is 0 Å². The normalized spacial score (nSPS) is 12.7. The van der Waals surface area contributed by atoms with Crippen LogP contribution in [-0.4, -0.2) is 9.55 Å². The van der Waals surface area contributed by atoms with Crippen molar-refractivity contribution in [2.24, 2.45) is 0 Å². The Morgan fingerprint density at radius 1 is 0.472 bits per heavy atom. The molecule has 0 bridgehead atoms. The minimum Gasteiger partial charge on any atom is -0.509 e. The predicted molar refractivity (Wildman–Crippen MR) is 297 cm³/mol. The summed E-state index contributed by atoms with van der Waals surface area (Å²) in [5, 5.41) is 2.20. The Morgan fingerprint density at radius 2 is 1.14 bits per heavy atom. The molecule has 6 heteroatoms. The molecule has 8 aromatic carbocycles. The number of hydrogen-bond acceptors (Lipinski definition) is 4. The van der Waals surface area contributed by atoms with Crippen molar-refractivity contribution < 1.29 is 25.8 Å². The fourth-order valence-electron chi connectivity index (χ4n) is 9.74. The number of ether oxygens (including phenoxy) is 1. The average Bonchev–Trinajstić information content (AvgIpc) is 3.92. The van der Waals surface area contributed by atoms with E-state index in [-0.39, 0.29) is 44.7 Å². The molecule has 0 N–H and O–H groups in total. The maximum absolute atomic E-state index is 6.80.